The van der Waals surface area contributed by atoms with Gasteiger partial charge in [0.05, 0.1) is 6.42 Å². The minimum absolute atomic E-state index is 0.304. The Morgan fingerprint density at radius 2 is 1.63 bits per heavy atom. The third kappa shape index (κ3) is 8.58. The second-order valence-corrected chi connectivity index (χ2v) is 9.43. The number of halogens is 3. The van der Waals surface area contributed by atoms with E-state index in [9.17, 15) is 13.2 Å². The van der Waals surface area contributed by atoms with E-state index in [1.807, 2.05) is 13.1 Å². The Labute approximate surface area is 209 Å². The quantitative estimate of drug-likeness (QED) is 0.403. The van der Waals surface area contributed by atoms with Gasteiger partial charge in [0.1, 0.15) is 0 Å². The summed E-state index contributed by atoms with van der Waals surface area (Å²) >= 11 is 0. The van der Waals surface area contributed by atoms with Gasteiger partial charge < -0.3 is 15.1 Å². The fourth-order valence-electron chi connectivity index (χ4n) is 4.50. The van der Waals surface area contributed by atoms with Crippen LogP contribution in [0.25, 0.3) is 0 Å². The molecule has 1 spiro atoms. The van der Waals surface area contributed by atoms with Crippen LogP contribution in [0.2, 0.25) is 0 Å². The molecule has 6 heteroatoms. The lowest BCUT2D eigenvalue weighted by Gasteiger charge is -2.28. The summed E-state index contributed by atoms with van der Waals surface area (Å²) in [6.45, 7) is 16.7. The van der Waals surface area contributed by atoms with Crippen LogP contribution in [0, 0.1) is 18.3 Å². The largest absolute Gasteiger partial charge is 0.393 e. The van der Waals surface area contributed by atoms with Crippen molar-refractivity contribution >= 4 is 0 Å². The van der Waals surface area contributed by atoms with E-state index < -0.39 is 12.6 Å². The average Bonchev–Trinajstić information content (AvgIpc) is 3.41. The number of nitrogens with zero attached hydrogens (tertiary/aromatic N) is 2. The molecule has 1 aromatic rings. The molecule has 0 atom stereocenters. The Balaban J connectivity index is 0.000000803. The van der Waals surface area contributed by atoms with Crippen molar-refractivity contribution in [3.05, 3.63) is 83.9 Å². The van der Waals surface area contributed by atoms with E-state index in [-0.39, 0.29) is 0 Å². The first-order chi connectivity index (χ1) is 16.6. The number of alkyl halides is 3. The van der Waals surface area contributed by atoms with Gasteiger partial charge in [0.2, 0.25) is 0 Å². The van der Waals surface area contributed by atoms with Gasteiger partial charge in [-0.3, -0.25) is 0 Å². The van der Waals surface area contributed by atoms with E-state index in [0.717, 1.165) is 44.0 Å². The third-order valence-electron chi connectivity index (χ3n) is 6.57. The molecule has 1 N–H and O–H groups in total. The van der Waals surface area contributed by atoms with Crippen molar-refractivity contribution in [2.45, 2.75) is 45.7 Å². The molecule has 2 fully saturated rings. The first kappa shape index (κ1) is 28.2. The Morgan fingerprint density at radius 3 is 2.14 bits per heavy atom. The molecule has 4 rings (SSSR count). The van der Waals surface area contributed by atoms with Gasteiger partial charge in [0.25, 0.3) is 0 Å². The van der Waals surface area contributed by atoms with Gasteiger partial charge in [-0.2, -0.15) is 13.2 Å². The van der Waals surface area contributed by atoms with E-state index in [2.05, 4.69) is 54.1 Å². The number of terminal acetylenes is 1. The molecule has 2 aliphatic heterocycles. The van der Waals surface area contributed by atoms with Gasteiger partial charge >= 0.3 is 6.18 Å². The summed E-state index contributed by atoms with van der Waals surface area (Å²) in [6, 6.07) is 6.78. The van der Waals surface area contributed by atoms with E-state index in [1.165, 1.54) is 24.1 Å². The molecular weight excluding hydrogens is 447 g/mol. The zero-order chi connectivity index (χ0) is 26.1. The van der Waals surface area contributed by atoms with Crippen molar-refractivity contribution in [2.24, 2.45) is 5.41 Å². The van der Waals surface area contributed by atoms with Gasteiger partial charge in [-0.05, 0) is 55.7 Å². The average molecular weight is 486 g/mol. The molecule has 1 saturated heterocycles. The summed E-state index contributed by atoms with van der Waals surface area (Å²) in [5.41, 5.74) is 5.43. The minimum Gasteiger partial charge on any atom is -0.387 e. The van der Waals surface area contributed by atoms with Crippen molar-refractivity contribution in [1.29, 1.82) is 0 Å². The highest BCUT2D eigenvalue weighted by molar-refractivity contribution is 5.30. The molecule has 0 aromatic heterocycles. The Morgan fingerprint density at radius 1 is 1.09 bits per heavy atom. The summed E-state index contributed by atoms with van der Waals surface area (Å²) in [6.07, 6.45) is 12.1. The van der Waals surface area contributed by atoms with Gasteiger partial charge in [-0.15, -0.1) is 19.4 Å². The first-order valence-electron chi connectivity index (χ1n) is 12.0. The van der Waals surface area contributed by atoms with Crippen LogP contribution >= 0.6 is 0 Å². The molecule has 1 saturated carbocycles. The van der Waals surface area contributed by atoms with Crippen LogP contribution in [0.4, 0.5) is 13.2 Å². The highest BCUT2D eigenvalue weighted by Gasteiger charge is 2.47. The van der Waals surface area contributed by atoms with Crippen molar-refractivity contribution in [3.63, 3.8) is 0 Å². The zero-order valence-corrected chi connectivity index (χ0v) is 21.0. The third-order valence-corrected chi connectivity index (χ3v) is 6.57. The Bertz CT molecular complexity index is 934. The molecule has 1 aromatic carbocycles. The minimum atomic E-state index is -4.17. The van der Waals surface area contributed by atoms with Gasteiger partial charge in [-0.1, -0.05) is 36.9 Å². The highest BCUT2D eigenvalue weighted by atomic mass is 19.4. The lowest BCUT2D eigenvalue weighted by molar-refractivity contribution is -0.127. The second-order valence-electron chi connectivity index (χ2n) is 9.43. The van der Waals surface area contributed by atoms with Crippen LogP contribution in [0.5, 0.6) is 0 Å². The van der Waals surface area contributed by atoms with Crippen LogP contribution in [0.15, 0.2) is 72.7 Å². The lowest BCUT2D eigenvalue weighted by atomic mass is 10.0. The van der Waals surface area contributed by atoms with E-state index in [4.69, 9.17) is 0 Å². The monoisotopic (exact) mass is 485 g/mol. The molecule has 0 unspecified atom stereocenters. The number of benzene rings is 1. The predicted molar refractivity (Wildman–Crippen MR) is 139 cm³/mol. The molecule has 0 bridgehead atoms. The lowest BCUT2D eigenvalue weighted by Crippen LogP contribution is -2.30. The zero-order valence-electron chi connectivity index (χ0n) is 21.0. The van der Waals surface area contributed by atoms with E-state index in [0.29, 0.717) is 17.4 Å². The molecule has 0 radical (unpaired) electrons. The van der Waals surface area contributed by atoms with E-state index >= 15 is 0 Å². The summed E-state index contributed by atoms with van der Waals surface area (Å²) < 4.78 is 37.7. The molecule has 3 nitrogen and oxygen atoms in total. The number of allylic oxidation sites excluding steroid dienone is 3. The summed E-state index contributed by atoms with van der Waals surface area (Å²) in [5.74, 6) is 0. The highest BCUT2D eigenvalue weighted by Crippen LogP contribution is 2.49. The van der Waals surface area contributed by atoms with E-state index in [1.54, 1.807) is 30.3 Å². The first-order valence-corrected chi connectivity index (χ1v) is 12.0. The van der Waals surface area contributed by atoms with Crippen molar-refractivity contribution in [1.82, 2.24) is 15.1 Å². The van der Waals surface area contributed by atoms with Crippen molar-refractivity contribution < 1.29 is 13.2 Å². The van der Waals surface area contributed by atoms with Crippen molar-refractivity contribution in [2.75, 3.05) is 32.7 Å². The fraction of sp³-hybridized carbons (Fsp3) is 0.448. The second kappa shape index (κ2) is 12.6. The molecule has 0 amide bonds. The van der Waals surface area contributed by atoms with Crippen LogP contribution < -0.4 is 5.32 Å². The normalized spacial score (nSPS) is 19.4. The molecule has 2 heterocycles. The van der Waals surface area contributed by atoms with Crippen LogP contribution in [-0.4, -0.2) is 48.7 Å². The molecule has 3 aliphatic rings. The number of hydrogen-bond donors (Lipinski definition) is 1. The standard InChI is InChI=1S/C24H30F3N3.C3H6.C2H2/c1-18(13-20-3-5-21(6-4-20)14-24(25,26)27)29-11-12-30(17-23(16-29)8-9-23)19(2)22-7-10-28-15-22;1-3-2;1-2/h3-7,10,28H,1,8-9,11-17H2,2H3;3H,1H2,2H3;1-2H/b22-19+;;. The fourth-order valence-corrected chi connectivity index (χ4v) is 4.50. The number of rotatable bonds is 5. The molecule has 1 aliphatic carbocycles. The van der Waals surface area contributed by atoms with Crippen LogP contribution in [-0.2, 0) is 12.8 Å². The van der Waals surface area contributed by atoms with Gasteiger partial charge in [0.15, 0.2) is 0 Å². The Hall–Kier alpha value is -3.07. The topological polar surface area (TPSA) is 18.5 Å². The predicted octanol–water partition coefficient (Wildman–Crippen LogP) is 6.08. The van der Waals surface area contributed by atoms with Crippen LogP contribution in [0.3, 0.4) is 0 Å². The van der Waals surface area contributed by atoms with Crippen molar-refractivity contribution in [3.8, 4) is 12.8 Å². The molecule has 35 heavy (non-hydrogen) atoms. The maximum atomic E-state index is 12.6. The number of hydrogen-bond acceptors (Lipinski definition) is 3. The maximum absolute atomic E-state index is 12.6. The molecule has 190 valence electrons. The van der Waals surface area contributed by atoms with Gasteiger partial charge in [-0.25, -0.2) is 0 Å². The smallest absolute Gasteiger partial charge is 0.387 e. The number of nitrogens with one attached hydrogen (secondary N) is 1. The summed E-state index contributed by atoms with van der Waals surface area (Å²) in [4.78, 5) is 4.93. The van der Waals surface area contributed by atoms with Gasteiger partial charge in [0, 0.05) is 56.0 Å². The maximum Gasteiger partial charge on any atom is 0.393 e. The Kier molecular flexibility index (Phi) is 10.1. The SMILES string of the molecule is C#C.C=C(Cc1ccc(CC(F)(F)F)cc1)N1CCN(/C(C)=C2\C=CNC2)CC2(CC2)C1.C=CC. The summed E-state index contributed by atoms with van der Waals surface area (Å²) in [5, 5.41) is 3.26. The van der Waals surface area contributed by atoms with Crippen LogP contribution in [0.1, 0.15) is 37.8 Å². The molecular formula is C29H38F3N3. The summed E-state index contributed by atoms with van der Waals surface area (Å²) in [7, 11) is 0.